The van der Waals surface area contributed by atoms with E-state index in [0.29, 0.717) is 5.69 Å². The fourth-order valence-corrected chi connectivity index (χ4v) is 4.53. The Kier molecular flexibility index (Phi) is 5.39. The highest BCUT2D eigenvalue weighted by molar-refractivity contribution is 7.92. The molecule has 0 saturated carbocycles. The molecule has 0 unspecified atom stereocenters. The first kappa shape index (κ1) is 20.2. The van der Waals surface area contributed by atoms with Crippen LogP contribution >= 0.6 is 0 Å². The number of fused-ring (bicyclic) bond motifs is 2. The summed E-state index contributed by atoms with van der Waals surface area (Å²) in [4.78, 5) is 2.13. The van der Waals surface area contributed by atoms with Crippen LogP contribution in [0.1, 0.15) is 27.8 Å². The van der Waals surface area contributed by atoms with Gasteiger partial charge in [0, 0.05) is 25.5 Å². The Morgan fingerprint density at radius 1 is 0.867 bits per heavy atom. The molecule has 0 bridgehead atoms. The van der Waals surface area contributed by atoms with Crippen molar-refractivity contribution in [1.29, 1.82) is 0 Å². The molecular weight excluding hydrogens is 392 g/mol. The second-order valence-corrected chi connectivity index (χ2v) is 9.70. The topological polar surface area (TPSA) is 49.4 Å². The SMILES string of the molecule is CN(C)c1ccc2c(c1)CCc1ccccc1/C2=C/c1cccc(NS(C)(=O)=O)c1. The van der Waals surface area contributed by atoms with Crippen molar-refractivity contribution in [2.75, 3.05) is 30.0 Å². The number of rotatable bonds is 4. The quantitative estimate of drug-likeness (QED) is 0.661. The molecule has 1 aliphatic carbocycles. The molecule has 154 valence electrons. The maximum absolute atomic E-state index is 11.6. The van der Waals surface area contributed by atoms with Crippen molar-refractivity contribution in [2.24, 2.45) is 0 Å². The maximum Gasteiger partial charge on any atom is 0.229 e. The molecule has 30 heavy (non-hydrogen) atoms. The molecule has 4 rings (SSSR count). The standard InChI is InChI=1S/C25H26N2O2S/c1-27(2)22-13-14-24-20(17-22)12-11-19-8-4-5-10-23(19)25(24)16-18-7-6-9-21(15-18)26-30(3,28)29/h4-10,13-17,26H,11-12H2,1-3H3/b25-16-. The van der Waals surface area contributed by atoms with E-state index in [1.807, 2.05) is 18.2 Å². The average Bonchev–Trinajstić information content (AvgIpc) is 2.84. The highest BCUT2D eigenvalue weighted by Crippen LogP contribution is 2.36. The normalized spacial score (nSPS) is 14.6. The molecular formula is C25H26N2O2S. The highest BCUT2D eigenvalue weighted by atomic mass is 32.2. The van der Waals surface area contributed by atoms with Crippen molar-refractivity contribution in [2.45, 2.75) is 12.8 Å². The van der Waals surface area contributed by atoms with Crippen molar-refractivity contribution < 1.29 is 8.42 Å². The van der Waals surface area contributed by atoms with Gasteiger partial charge in [-0.2, -0.15) is 0 Å². The summed E-state index contributed by atoms with van der Waals surface area (Å²) in [6.07, 6.45) is 5.30. The summed E-state index contributed by atoms with van der Waals surface area (Å²) in [6, 6.07) is 22.7. The van der Waals surface area contributed by atoms with Crippen LogP contribution in [0.4, 0.5) is 11.4 Å². The molecule has 0 atom stereocenters. The molecule has 0 aromatic heterocycles. The van der Waals surface area contributed by atoms with E-state index in [-0.39, 0.29) is 0 Å². The van der Waals surface area contributed by atoms with Crippen LogP contribution in [-0.4, -0.2) is 28.8 Å². The van der Waals surface area contributed by atoms with E-state index < -0.39 is 10.0 Å². The van der Waals surface area contributed by atoms with Crippen LogP contribution < -0.4 is 9.62 Å². The summed E-state index contributed by atoms with van der Waals surface area (Å²) in [6.45, 7) is 0. The Morgan fingerprint density at radius 2 is 1.60 bits per heavy atom. The van der Waals surface area contributed by atoms with Gasteiger partial charge in [-0.05, 0) is 76.6 Å². The molecule has 3 aromatic rings. The summed E-state index contributed by atoms with van der Waals surface area (Å²) in [5.74, 6) is 0. The number of nitrogens with zero attached hydrogens (tertiary/aromatic N) is 1. The molecule has 4 nitrogen and oxygen atoms in total. The Bertz CT molecular complexity index is 1230. The lowest BCUT2D eigenvalue weighted by atomic mass is 9.92. The lowest BCUT2D eigenvalue weighted by Gasteiger charge is -2.17. The van der Waals surface area contributed by atoms with E-state index >= 15 is 0 Å². The van der Waals surface area contributed by atoms with Gasteiger partial charge in [0.1, 0.15) is 0 Å². The molecule has 3 aromatic carbocycles. The van der Waals surface area contributed by atoms with Gasteiger partial charge in [-0.25, -0.2) is 8.42 Å². The molecule has 0 amide bonds. The largest absolute Gasteiger partial charge is 0.378 e. The van der Waals surface area contributed by atoms with Gasteiger partial charge in [0.25, 0.3) is 0 Å². The Labute approximate surface area is 178 Å². The zero-order chi connectivity index (χ0) is 21.3. The van der Waals surface area contributed by atoms with Gasteiger partial charge in [0.15, 0.2) is 0 Å². The van der Waals surface area contributed by atoms with E-state index in [1.54, 1.807) is 6.07 Å². The van der Waals surface area contributed by atoms with Crippen LogP contribution in [0.5, 0.6) is 0 Å². The lowest BCUT2D eigenvalue weighted by molar-refractivity contribution is 0.607. The van der Waals surface area contributed by atoms with E-state index in [2.05, 4.69) is 72.3 Å². The van der Waals surface area contributed by atoms with Crippen LogP contribution in [0.3, 0.4) is 0 Å². The van der Waals surface area contributed by atoms with Crippen LogP contribution in [0.25, 0.3) is 11.6 Å². The summed E-state index contributed by atoms with van der Waals surface area (Å²) >= 11 is 0. The third-order valence-corrected chi connectivity index (χ3v) is 5.97. The Hall–Kier alpha value is -3.05. The number of anilines is 2. The summed E-state index contributed by atoms with van der Waals surface area (Å²) in [7, 11) is 0.801. The number of aryl methyl sites for hydroxylation is 2. The minimum Gasteiger partial charge on any atom is -0.378 e. The van der Waals surface area contributed by atoms with Gasteiger partial charge in [0.2, 0.25) is 10.0 Å². The number of nitrogens with one attached hydrogen (secondary N) is 1. The number of hydrogen-bond acceptors (Lipinski definition) is 3. The maximum atomic E-state index is 11.6. The first-order valence-corrected chi connectivity index (χ1v) is 11.9. The minimum atomic E-state index is -3.32. The molecule has 0 spiro atoms. The molecule has 1 aliphatic rings. The Balaban J connectivity index is 1.87. The monoisotopic (exact) mass is 418 g/mol. The summed E-state index contributed by atoms with van der Waals surface area (Å²) < 4.78 is 25.8. The van der Waals surface area contributed by atoms with Crippen LogP contribution in [0.2, 0.25) is 0 Å². The van der Waals surface area contributed by atoms with Crippen molar-refractivity contribution in [3.63, 3.8) is 0 Å². The van der Waals surface area contributed by atoms with Gasteiger partial charge in [-0.15, -0.1) is 0 Å². The minimum absolute atomic E-state index is 0.567. The lowest BCUT2D eigenvalue weighted by Crippen LogP contribution is -2.09. The van der Waals surface area contributed by atoms with E-state index in [9.17, 15) is 8.42 Å². The van der Waals surface area contributed by atoms with E-state index in [4.69, 9.17) is 0 Å². The van der Waals surface area contributed by atoms with Gasteiger partial charge in [-0.1, -0.05) is 42.5 Å². The molecule has 0 aliphatic heterocycles. The summed E-state index contributed by atoms with van der Waals surface area (Å²) in [5.41, 5.74) is 9.00. The number of sulfonamides is 1. The fourth-order valence-electron chi connectivity index (χ4n) is 3.97. The van der Waals surface area contributed by atoms with Crippen molar-refractivity contribution >= 4 is 33.0 Å². The van der Waals surface area contributed by atoms with E-state index in [1.165, 1.54) is 33.5 Å². The molecule has 5 heteroatoms. The zero-order valence-electron chi connectivity index (χ0n) is 17.5. The molecule has 1 N–H and O–H groups in total. The molecule has 0 saturated heterocycles. The fraction of sp³-hybridized carbons (Fsp3) is 0.200. The van der Waals surface area contributed by atoms with E-state index in [0.717, 1.165) is 24.7 Å². The van der Waals surface area contributed by atoms with Crippen LogP contribution in [0.15, 0.2) is 66.7 Å². The van der Waals surface area contributed by atoms with Gasteiger partial charge in [0.05, 0.1) is 6.26 Å². The smallest absolute Gasteiger partial charge is 0.229 e. The van der Waals surface area contributed by atoms with Gasteiger partial charge in [-0.3, -0.25) is 4.72 Å². The highest BCUT2D eigenvalue weighted by Gasteiger charge is 2.18. The van der Waals surface area contributed by atoms with Crippen LogP contribution in [-0.2, 0) is 22.9 Å². The van der Waals surface area contributed by atoms with Gasteiger partial charge < -0.3 is 4.90 Å². The second-order valence-electron chi connectivity index (χ2n) is 7.95. The molecule has 0 radical (unpaired) electrons. The summed E-state index contributed by atoms with van der Waals surface area (Å²) in [5, 5.41) is 0. The molecule has 0 fully saturated rings. The second kappa shape index (κ2) is 8.00. The van der Waals surface area contributed by atoms with Gasteiger partial charge >= 0.3 is 0 Å². The first-order valence-electron chi connectivity index (χ1n) is 9.98. The van der Waals surface area contributed by atoms with Crippen LogP contribution in [0, 0.1) is 0 Å². The third-order valence-electron chi connectivity index (χ3n) is 5.37. The molecule has 0 heterocycles. The average molecular weight is 419 g/mol. The number of benzene rings is 3. The van der Waals surface area contributed by atoms with Crippen molar-refractivity contribution in [3.8, 4) is 0 Å². The Morgan fingerprint density at radius 3 is 2.37 bits per heavy atom. The number of hydrogen-bond donors (Lipinski definition) is 1. The van der Waals surface area contributed by atoms with Crippen molar-refractivity contribution in [1.82, 2.24) is 0 Å². The first-order chi connectivity index (χ1) is 14.3. The third kappa shape index (κ3) is 4.41. The van der Waals surface area contributed by atoms with Crippen molar-refractivity contribution in [3.05, 3.63) is 94.5 Å². The predicted octanol–water partition coefficient (Wildman–Crippen LogP) is 4.81. The zero-order valence-corrected chi connectivity index (χ0v) is 18.3. The predicted molar refractivity (Wildman–Crippen MR) is 127 cm³/mol.